The molecule has 21 heavy (non-hydrogen) atoms. The first-order valence-electron chi connectivity index (χ1n) is 6.60. The molecular weight excluding hydrogens is 313 g/mol. The summed E-state index contributed by atoms with van der Waals surface area (Å²) in [5, 5.41) is 8.71. The van der Waals surface area contributed by atoms with Crippen LogP contribution in [0.1, 0.15) is 30.1 Å². The molecular formula is C14H21Cl2N3O2. The summed E-state index contributed by atoms with van der Waals surface area (Å²) in [6.07, 6.45) is 1.25. The zero-order chi connectivity index (χ0) is 15.0. The number of halogens is 2. The highest BCUT2D eigenvalue weighted by molar-refractivity contribution is 6.34. The minimum Gasteiger partial charge on any atom is -0.352 e. The van der Waals surface area contributed by atoms with Crippen molar-refractivity contribution in [3.63, 3.8) is 0 Å². The van der Waals surface area contributed by atoms with Gasteiger partial charge in [0.15, 0.2) is 0 Å². The Kier molecular flexibility index (Phi) is 9.78. The van der Waals surface area contributed by atoms with Gasteiger partial charge in [-0.3, -0.25) is 9.59 Å². The lowest BCUT2D eigenvalue weighted by atomic mass is 10.2. The summed E-state index contributed by atoms with van der Waals surface area (Å²) >= 11 is 6.07. The van der Waals surface area contributed by atoms with Crippen molar-refractivity contribution in [1.82, 2.24) is 10.6 Å². The van der Waals surface area contributed by atoms with Gasteiger partial charge in [-0.15, -0.1) is 12.4 Å². The highest BCUT2D eigenvalue weighted by Crippen LogP contribution is 2.21. The van der Waals surface area contributed by atoms with Crippen molar-refractivity contribution in [2.24, 2.45) is 0 Å². The Balaban J connectivity index is 0.00000400. The van der Waals surface area contributed by atoms with E-state index in [1.54, 1.807) is 25.2 Å². The van der Waals surface area contributed by atoms with Gasteiger partial charge in [-0.1, -0.05) is 18.5 Å². The molecule has 0 saturated carbocycles. The highest BCUT2D eigenvalue weighted by Gasteiger charge is 2.11. The summed E-state index contributed by atoms with van der Waals surface area (Å²) in [6, 6.07) is 4.87. The van der Waals surface area contributed by atoms with Crippen LogP contribution in [0.5, 0.6) is 0 Å². The number of carbonyl (C=O) groups excluding carboxylic acids is 2. The molecule has 0 aromatic heterocycles. The number of amides is 2. The molecule has 0 unspecified atom stereocenters. The van der Waals surface area contributed by atoms with E-state index in [-0.39, 0.29) is 24.2 Å². The van der Waals surface area contributed by atoms with Crippen LogP contribution in [0, 0.1) is 0 Å². The summed E-state index contributed by atoms with van der Waals surface area (Å²) in [5.41, 5.74) is 0.997. The molecule has 1 aromatic rings. The van der Waals surface area contributed by atoms with Gasteiger partial charge in [-0.05, 0) is 31.7 Å². The zero-order valence-electron chi connectivity index (χ0n) is 12.2. The molecule has 0 spiro atoms. The maximum Gasteiger partial charge on any atom is 0.252 e. The van der Waals surface area contributed by atoms with Crippen LogP contribution in [0.2, 0.25) is 5.02 Å². The maximum atomic E-state index is 11.8. The summed E-state index contributed by atoms with van der Waals surface area (Å²) in [5.74, 6) is -0.302. The van der Waals surface area contributed by atoms with E-state index in [0.29, 0.717) is 35.8 Å². The van der Waals surface area contributed by atoms with Crippen molar-refractivity contribution in [3.05, 3.63) is 28.8 Å². The standard InChI is InChI=1S/C14H20ClN3O2.ClH/c1-3-7-17-14(20)11-5-4-10(9-12(11)15)18-13(19)6-8-16-2;/h4-5,9,16H,3,6-8H2,1-2H3,(H,17,20)(H,18,19);1H. The number of rotatable bonds is 7. The predicted molar refractivity (Wildman–Crippen MR) is 88.5 cm³/mol. The van der Waals surface area contributed by atoms with Crippen molar-refractivity contribution in [1.29, 1.82) is 0 Å². The highest BCUT2D eigenvalue weighted by atomic mass is 35.5. The Bertz CT molecular complexity index is 481. The molecule has 0 bridgehead atoms. The van der Waals surface area contributed by atoms with E-state index in [2.05, 4.69) is 16.0 Å². The van der Waals surface area contributed by atoms with Gasteiger partial charge < -0.3 is 16.0 Å². The van der Waals surface area contributed by atoms with E-state index >= 15 is 0 Å². The fraction of sp³-hybridized carbons (Fsp3) is 0.429. The Labute approximate surface area is 136 Å². The molecule has 0 aliphatic carbocycles. The fourth-order valence-corrected chi connectivity index (χ4v) is 1.84. The average molecular weight is 334 g/mol. The molecule has 0 aliphatic rings. The number of hydrogen-bond acceptors (Lipinski definition) is 3. The zero-order valence-corrected chi connectivity index (χ0v) is 13.7. The van der Waals surface area contributed by atoms with Crippen molar-refractivity contribution in [3.8, 4) is 0 Å². The number of nitrogens with one attached hydrogen (secondary N) is 3. The minimum atomic E-state index is -0.204. The van der Waals surface area contributed by atoms with Gasteiger partial charge in [0.1, 0.15) is 0 Å². The van der Waals surface area contributed by atoms with E-state index in [1.165, 1.54) is 0 Å². The Morgan fingerprint density at radius 1 is 1.24 bits per heavy atom. The van der Waals surface area contributed by atoms with Gasteiger partial charge in [0.2, 0.25) is 5.91 Å². The summed E-state index contributed by atoms with van der Waals surface area (Å²) in [6.45, 7) is 3.19. The number of carbonyl (C=O) groups is 2. The molecule has 0 fully saturated rings. The monoisotopic (exact) mass is 333 g/mol. The van der Waals surface area contributed by atoms with Crippen molar-refractivity contribution >= 4 is 41.5 Å². The van der Waals surface area contributed by atoms with E-state index < -0.39 is 0 Å². The van der Waals surface area contributed by atoms with Gasteiger partial charge in [-0.2, -0.15) is 0 Å². The molecule has 5 nitrogen and oxygen atoms in total. The van der Waals surface area contributed by atoms with E-state index in [0.717, 1.165) is 6.42 Å². The van der Waals surface area contributed by atoms with Crippen LogP contribution in [0.15, 0.2) is 18.2 Å². The second-order valence-corrected chi connectivity index (χ2v) is 4.76. The largest absolute Gasteiger partial charge is 0.352 e. The van der Waals surface area contributed by atoms with Crippen molar-refractivity contribution in [2.45, 2.75) is 19.8 Å². The summed E-state index contributed by atoms with van der Waals surface area (Å²) in [7, 11) is 1.79. The number of benzene rings is 1. The number of hydrogen-bond donors (Lipinski definition) is 3. The lowest BCUT2D eigenvalue weighted by Crippen LogP contribution is -2.24. The van der Waals surface area contributed by atoms with Crippen LogP contribution in [-0.4, -0.2) is 32.0 Å². The predicted octanol–water partition coefficient (Wildman–Crippen LogP) is 2.45. The molecule has 0 aliphatic heterocycles. The third kappa shape index (κ3) is 6.80. The summed E-state index contributed by atoms with van der Waals surface area (Å²) < 4.78 is 0. The molecule has 7 heteroatoms. The average Bonchev–Trinajstić information content (AvgIpc) is 2.42. The van der Waals surface area contributed by atoms with Crippen LogP contribution < -0.4 is 16.0 Å². The summed E-state index contributed by atoms with van der Waals surface area (Å²) in [4.78, 5) is 23.4. The van der Waals surface area contributed by atoms with E-state index in [1.807, 2.05) is 6.92 Å². The van der Waals surface area contributed by atoms with Crippen LogP contribution >= 0.6 is 24.0 Å². The molecule has 0 saturated heterocycles. The molecule has 0 radical (unpaired) electrons. The topological polar surface area (TPSA) is 70.2 Å². The SMILES string of the molecule is CCCNC(=O)c1ccc(NC(=O)CCNC)cc1Cl.Cl. The van der Waals surface area contributed by atoms with E-state index in [9.17, 15) is 9.59 Å². The third-order valence-corrected chi connectivity index (χ3v) is 2.95. The molecule has 0 heterocycles. The van der Waals surface area contributed by atoms with Crippen molar-refractivity contribution in [2.75, 3.05) is 25.5 Å². The van der Waals surface area contributed by atoms with Crippen LogP contribution in [0.3, 0.4) is 0 Å². The van der Waals surface area contributed by atoms with E-state index in [4.69, 9.17) is 11.6 Å². The van der Waals surface area contributed by atoms with Crippen molar-refractivity contribution < 1.29 is 9.59 Å². The second kappa shape index (κ2) is 10.4. The molecule has 0 atom stereocenters. The lowest BCUT2D eigenvalue weighted by Gasteiger charge is -2.09. The molecule has 118 valence electrons. The maximum absolute atomic E-state index is 11.8. The van der Waals surface area contributed by atoms with Crippen LogP contribution in [0.25, 0.3) is 0 Å². The molecule has 1 rings (SSSR count). The van der Waals surface area contributed by atoms with Crippen LogP contribution in [-0.2, 0) is 4.79 Å². The van der Waals surface area contributed by atoms with Gasteiger partial charge in [0, 0.05) is 25.2 Å². The Morgan fingerprint density at radius 3 is 2.52 bits per heavy atom. The molecule has 3 N–H and O–H groups in total. The molecule has 1 aromatic carbocycles. The normalized spacial score (nSPS) is 9.67. The van der Waals surface area contributed by atoms with Gasteiger partial charge in [0.05, 0.1) is 10.6 Å². The quantitative estimate of drug-likeness (QED) is 0.717. The Hall–Kier alpha value is -1.30. The Morgan fingerprint density at radius 2 is 1.95 bits per heavy atom. The fourth-order valence-electron chi connectivity index (χ4n) is 1.57. The lowest BCUT2D eigenvalue weighted by molar-refractivity contribution is -0.116. The van der Waals surface area contributed by atoms with Gasteiger partial charge >= 0.3 is 0 Å². The smallest absolute Gasteiger partial charge is 0.252 e. The first-order valence-corrected chi connectivity index (χ1v) is 6.98. The van der Waals surface area contributed by atoms with Gasteiger partial charge in [-0.25, -0.2) is 0 Å². The molecule has 2 amide bonds. The third-order valence-electron chi connectivity index (χ3n) is 2.64. The van der Waals surface area contributed by atoms with Crippen LogP contribution in [0.4, 0.5) is 5.69 Å². The first kappa shape index (κ1) is 19.7. The second-order valence-electron chi connectivity index (χ2n) is 4.35. The number of anilines is 1. The van der Waals surface area contributed by atoms with Gasteiger partial charge in [0.25, 0.3) is 5.91 Å². The minimum absolute atomic E-state index is 0. The first-order chi connectivity index (χ1) is 9.58.